The van der Waals surface area contributed by atoms with E-state index >= 15 is 0 Å². The van der Waals surface area contributed by atoms with E-state index in [9.17, 15) is 15.2 Å². The maximum absolute atomic E-state index is 12.8. The fourth-order valence-corrected chi connectivity index (χ4v) is 3.47. The Morgan fingerprint density at radius 2 is 1.83 bits per heavy atom. The monoisotopic (exact) mass is 469 g/mol. The summed E-state index contributed by atoms with van der Waals surface area (Å²) in [6.45, 7) is 11.1. The molecule has 3 aromatic carbocycles. The van der Waals surface area contributed by atoms with Gasteiger partial charge in [0.1, 0.15) is 24.2 Å². The zero-order valence-electron chi connectivity index (χ0n) is 19.7. The van der Waals surface area contributed by atoms with Crippen molar-refractivity contribution in [2.45, 2.75) is 39.0 Å². The fraction of sp³-hybridized carbons (Fsp3) is 0.250. The molecule has 0 heterocycles. The topological polar surface area (TPSA) is 95.9 Å². The summed E-state index contributed by atoms with van der Waals surface area (Å²) in [5, 5.41) is 22.2. The van der Waals surface area contributed by atoms with Crippen molar-refractivity contribution in [1.29, 1.82) is 5.26 Å². The average Bonchev–Trinajstić information content (AvgIpc) is 2.87. The van der Waals surface area contributed by atoms with Crippen LogP contribution in [0.1, 0.15) is 40.9 Å². The molecule has 0 bridgehead atoms. The third-order valence-electron chi connectivity index (χ3n) is 5.14. The van der Waals surface area contributed by atoms with Crippen LogP contribution in [0.2, 0.25) is 0 Å². The van der Waals surface area contributed by atoms with Crippen LogP contribution < -0.4 is 14.8 Å². The zero-order valence-corrected chi connectivity index (χ0v) is 19.7. The van der Waals surface area contributed by atoms with Crippen LogP contribution in [0.3, 0.4) is 0 Å². The summed E-state index contributed by atoms with van der Waals surface area (Å²) in [5.41, 5.74) is 2.69. The Bertz CT molecular complexity index is 1240. The first-order valence-corrected chi connectivity index (χ1v) is 11.2. The Kier molecular flexibility index (Phi) is 8.83. The molecule has 0 aliphatic heterocycles. The Labute approximate surface area is 205 Å². The molecule has 35 heavy (non-hydrogen) atoms. The number of hydrogen-bond donors (Lipinski definition) is 2. The van der Waals surface area contributed by atoms with Crippen LogP contribution in [-0.2, 0) is 13.0 Å². The van der Waals surface area contributed by atoms with E-state index in [0.717, 1.165) is 11.1 Å². The lowest BCUT2D eigenvalue weighted by molar-refractivity contribution is 0.0916. The number of amides is 1. The first-order valence-electron chi connectivity index (χ1n) is 11.2. The lowest BCUT2D eigenvalue weighted by Crippen LogP contribution is -2.39. The summed E-state index contributed by atoms with van der Waals surface area (Å²) in [6.07, 6.45) is 0.225. The summed E-state index contributed by atoms with van der Waals surface area (Å²) in [7, 11) is 0. The third-order valence-corrected chi connectivity index (χ3v) is 5.14. The van der Waals surface area contributed by atoms with Crippen LogP contribution in [0.25, 0.3) is 4.85 Å². The van der Waals surface area contributed by atoms with Gasteiger partial charge < -0.3 is 19.9 Å². The predicted octanol–water partition coefficient (Wildman–Crippen LogP) is 4.81. The van der Waals surface area contributed by atoms with Gasteiger partial charge in [-0.15, -0.1) is 0 Å². The number of ether oxygens (including phenoxy) is 2. The summed E-state index contributed by atoms with van der Waals surface area (Å²) < 4.78 is 11.4. The van der Waals surface area contributed by atoms with Crippen LogP contribution in [0.5, 0.6) is 11.5 Å². The molecule has 0 radical (unpaired) electrons. The fourth-order valence-electron chi connectivity index (χ4n) is 3.47. The van der Waals surface area contributed by atoms with E-state index in [4.69, 9.17) is 16.0 Å². The Hall–Kier alpha value is -4.33. The molecule has 7 nitrogen and oxygen atoms in total. The van der Waals surface area contributed by atoms with Gasteiger partial charge in [0.25, 0.3) is 0 Å². The highest BCUT2D eigenvalue weighted by Crippen LogP contribution is 2.29. The maximum atomic E-state index is 12.8. The number of nitrogens with zero attached hydrogens (tertiary/aromatic N) is 2. The number of nitrogens with one attached hydrogen (secondary N) is 1. The predicted molar refractivity (Wildman–Crippen MR) is 132 cm³/mol. The molecular formula is C28H27N3O4. The van der Waals surface area contributed by atoms with Crippen molar-refractivity contribution in [1.82, 2.24) is 5.32 Å². The van der Waals surface area contributed by atoms with E-state index in [0.29, 0.717) is 35.7 Å². The van der Waals surface area contributed by atoms with E-state index in [1.54, 1.807) is 24.3 Å². The summed E-state index contributed by atoms with van der Waals surface area (Å²) in [4.78, 5) is 16.2. The first kappa shape index (κ1) is 25.3. The molecule has 0 spiro atoms. The number of benzene rings is 3. The van der Waals surface area contributed by atoms with Crippen molar-refractivity contribution in [3.05, 3.63) is 100 Å². The number of nitriles is 1. The smallest absolute Gasteiger partial charge is 0.250 e. The van der Waals surface area contributed by atoms with Crippen LogP contribution in [-0.4, -0.2) is 29.8 Å². The lowest BCUT2D eigenvalue weighted by atomic mass is 10.0. The highest BCUT2D eigenvalue weighted by molar-refractivity contribution is 5.96. The van der Waals surface area contributed by atoms with Gasteiger partial charge in [0, 0.05) is 5.56 Å². The Morgan fingerprint density at radius 1 is 1.09 bits per heavy atom. The van der Waals surface area contributed by atoms with Crippen molar-refractivity contribution in [3.63, 3.8) is 0 Å². The molecule has 1 unspecified atom stereocenters. The number of aliphatic hydroxyl groups excluding tert-OH is 1. The number of rotatable bonds is 10. The average molecular weight is 470 g/mol. The lowest BCUT2D eigenvalue weighted by Gasteiger charge is -2.18. The second-order valence-electron chi connectivity index (χ2n) is 8.23. The van der Waals surface area contributed by atoms with Gasteiger partial charge in [0.05, 0.1) is 30.9 Å². The first-order chi connectivity index (χ1) is 16.9. The molecule has 0 saturated carbocycles. The molecular weight excluding hydrogens is 442 g/mol. The number of aliphatic hydroxyl groups is 1. The van der Waals surface area contributed by atoms with Crippen molar-refractivity contribution >= 4 is 11.6 Å². The molecule has 0 aliphatic rings. The van der Waals surface area contributed by atoms with Gasteiger partial charge in [-0.25, -0.2) is 4.85 Å². The van der Waals surface area contributed by atoms with Crippen molar-refractivity contribution < 1.29 is 19.4 Å². The minimum absolute atomic E-state index is 0.0950. The molecule has 2 N–H and O–H groups in total. The van der Waals surface area contributed by atoms with Crippen LogP contribution >= 0.6 is 0 Å². The third kappa shape index (κ3) is 7.07. The highest BCUT2D eigenvalue weighted by Gasteiger charge is 2.17. The summed E-state index contributed by atoms with van der Waals surface area (Å²) in [6, 6.07) is 21.1. The van der Waals surface area contributed by atoms with Gasteiger partial charge in [0.2, 0.25) is 11.6 Å². The van der Waals surface area contributed by atoms with Crippen molar-refractivity contribution in [3.8, 4) is 17.6 Å². The molecule has 0 aromatic heterocycles. The molecule has 0 aliphatic carbocycles. The molecule has 0 saturated heterocycles. The van der Waals surface area contributed by atoms with E-state index in [1.165, 1.54) is 6.07 Å². The largest absolute Gasteiger partial charge is 0.502 e. The van der Waals surface area contributed by atoms with Crippen molar-refractivity contribution in [2.75, 3.05) is 6.61 Å². The number of hydrogen-bond acceptors (Lipinski definition) is 5. The summed E-state index contributed by atoms with van der Waals surface area (Å²) >= 11 is 0. The van der Waals surface area contributed by atoms with E-state index in [2.05, 4.69) is 16.2 Å². The van der Waals surface area contributed by atoms with Gasteiger partial charge in [0.15, 0.2) is 0 Å². The minimum atomic E-state index is -0.576. The Morgan fingerprint density at radius 3 is 2.49 bits per heavy atom. The van der Waals surface area contributed by atoms with Gasteiger partial charge >= 0.3 is 0 Å². The van der Waals surface area contributed by atoms with Crippen LogP contribution in [0, 0.1) is 17.9 Å². The van der Waals surface area contributed by atoms with E-state index in [1.807, 2.05) is 50.2 Å². The normalized spacial score (nSPS) is 11.3. The number of carbonyl (C=O) groups excluding carboxylic acids is 1. The zero-order chi connectivity index (χ0) is 25.2. The molecule has 3 aromatic rings. The quantitative estimate of drug-likeness (QED) is 0.416. The Balaban J connectivity index is 1.67. The molecule has 1 amide bonds. The van der Waals surface area contributed by atoms with E-state index < -0.39 is 11.9 Å². The molecule has 1 atom stereocenters. The molecule has 3 rings (SSSR count). The number of carbonyl (C=O) groups is 1. The SMILES string of the molecule is [C-]#[N+]c1cc(C(=O)NC(CO)Cc2ccc(OCc3ccccc3)c(C#N)c2)ccc1OC(C)C. The van der Waals surface area contributed by atoms with Gasteiger partial charge in [-0.05, 0) is 61.7 Å². The van der Waals surface area contributed by atoms with Crippen LogP contribution in [0.15, 0.2) is 66.7 Å². The minimum Gasteiger partial charge on any atom is -0.502 e. The maximum Gasteiger partial charge on any atom is 0.250 e. The molecule has 7 heteroatoms. The van der Waals surface area contributed by atoms with Crippen LogP contribution in [0.4, 0.5) is 5.69 Å². The standard InChI is InChI=1S/C28H27N3O4/c1-19(2)35-27-12-10-22(15-25(27)30-3)28(33)31-24(17-32)14-21-9-11-26(23(13-21)16-29)34-18-20-7-5-4-6-8-20/h4-13,15,19,24,32H,14,17-18H2,1-2H3,(H,31,33). The van der Waals surface area contributed by atoms with Gasteiger partial charge in [-0.1, -0.05) is 36.4 Å². The van der Waals surface area contributed by atoms with Gasteiger partial charge in [-0.2, -0.15) is 5.26 Å². The molecule has 178 valence electrons. The molecule has 0 fully saturated rings. The second kappa shape index (κ2) is 12.2. The van der Waals surface area contributed by atoms with E-state index in [-0.39, 0.29) is 18.4 Å². The summed E-state index contributed by atoms with van der Waals surface area (Å²) in [5.74, 6) is 0.484. The van der Waals surface area contributed by atoms with Gasteiger partial charge in [-0.3, -0.25) is 4.79 Å². The highest BCUT2D eigenvalue weighted by atomic mass is 16.5. The van der Waals surface area contributed by atoms with Crippen molar-refractivity contribution in [2.24, 2.45) is 0 Å². The second-order valence-corrected chi connectivity index (χ2v) is 8.23.